The first-order valence-electron chi connectivity index (χ1n) is 18.7. The van der Waals surface area contributed by atoms with E-state index in [9.17, 15) is 35.1 Å². The van der Waals surface area contributed by atoms with E-state index in [1.165, 1.54) is 6.92 Å². The summed E-state index contributed by atoms with van der Waals surface area (Å²) in [6.45, 7) is 12.1. The minimum absolute atomic E-state index is 0.000327. The van der Waals surface area contributed by atoms with Crippen molar-refractivity contribution in [2.45, 2.75) is 154 Å². The number of alkyl halides is 1. The number of aliphatic hydroxyl groups is 5. The molecule has 0 aromatic rings. The summed E-state index contributed by atoms with van der Waals surface area (Å²) in [4.78, 5) is 28.4. The summed E-state index contributed by atoms with van der Waals surface area (Å²) >= 11 is 2.25. The van der Waals surface area contributed by atoms with E-state index in [2.05, 4.69) is 22.6 Å². The highest BCUT2D eigenvalue weighted by Crippen LogP contribution is 2.37. The fraction of sp³-hybridized carbons (Fsp3) is 0.842. The van der Waals surface area contributed by atoms with E-state index in [1.807, 2.05) is 26.8 Å². The lowest BCUT2D eigenvalue weighted by molar-refractivity contribution is -0.342. The number of hydrogen-bond donors (Lipinski definition) is 5. The Morgan fingerprint density at radius 1 is 1.02 bits per heavy atom. The number of halogens is 1. The van der Waals surface area contributed by atoms with Crippen molar-refractivity contribution in [2.24, 2.45) is 23.7 Å². The highest BCUT2D eigenvalue weighted by Gasteiger charge is 2.51. The summed E-state index contributed by atoms with van der Waals surface area (Å²) < 4.78 is 31.8. The van der Waals surface area contributed by atoms with Gasteiger partial charge in [0.05, 0.1) is 42.5 Å². The zero-order valence-electron chi connectivity index (χ0n) is 32.3. The Labute approximate surface area is 323 Å². The Morgan fingerprint density at radius 2 is 1.69 bits per heavy atom. The molecular weight excluding hydrogens is 789 g/mol. The molecule has 5 N–H and O–H groups in total. The van der Waals surface area contributed by atoms with Crippen LogP contribution in [0.3, 0.4) is 0 Å². The average molecular weight is 854 g/mol. The van der Waals surface area contributed by atoms with Crippen molar-refractivity contribution in [1.82, 2.24) is 4.90 Å². The van der Waals surface area contributed by atoms with Crippen molar-refractivity contribution in [2.75, 3.05) is 25.1 Å². The van der Waals surface area contributed by atoms with Gasteiger partial charge in [-0.1, -0.05) is 61.1 Å². The standard InChI is InChI=1S/C38H64INO12/c1-10-29-26(19-39)15-20(2)11-12-27(42)21(3)16-25(13-14-41)34(22(4)28(43)17-30(44)50-29)52-37-33(45)32(40(8)9)35(23(5)49-37)51-31-18-38(7,47)36(46)24(6)48-31/h11-12,15,21-26,28-29,31-37,41,43,45-47H,10,13-14,16-19H2,1-9H3/b12-11+,20-15+/t21-,22+,23-,24+,25?,26-,28-,29-,31+,32-,33-,34-,35-,36+,37+,38-/m1/s1. The van der Waals surface area contributed by atoms with Gasteiger partial charge < -0.3 is 54.1 Å². The third-order valence-electron chi connectivity index (χ3n) is 10.9. The maximum atomic E-state index is 13.4. The lowest BCUT2D eigenvalue weighted by atomic mass is 9.79. The van der Waals surface area contributed by atoms with Crippen molar-refractivity contribution in [3.63, 3.8) is 0 Å². The van der Waals surface area contributed by atoms with Gasteiger partial charge in [-0.25, -0.2) is 0 Å². The zero-order chi connectivity index (χ0) is 39.1. The number of cyclic esters (lactones) is 1. The van der Waals surface area contributed by atoms with Gasteiger partial charge in [0.15, 0.2) is 18.4 Å². The smallest absolute Gasteiger partial charge is 0.308 e. The van der Waals surface area contributed by atoms with E-state index in [1.54, 1.807) is 51.9 Å². The number of carbonyl (C=O) groups is 2. The summed E-state index contributed by atoms with van der Waals surface area (Å²) in [5.41, 5.74) is -0.583. The number of allylic oxidation sites excluding steroid dienone is 3. The molecule has 1 unspecified atom stereocenters. The molecule has 0 aliphatic carbocycles. The summed E-state index contributed by atoms with van der Waals surface area (Å²) in [5.74, 6) is -2.37. The molecule has 16 atom stereocenters. The molecule has 2 saturated heterocycles. The Kier molecular flexibility index (Phi) is 17.6. The van der Waals surface area contributed by atoms with Gasteiger partial charge in [0, 0.05) is 35.2 Å². The van der Waals surface area contributed by atoms with Crippen LogP contribution in [0.5, 0.6) is 0 Å². The summed E-state index contributed by atoms with van der Waals surface area (Å²) in [6, 6.07) is -0.680. The van der Waals surface area contributed by atoms with Gasteiger partial charge in [0.25, 0.3) is 0 Å². The molecule has 3 aliphatic rings. The van der Waals surface area contributed by atoms with Crippen LogP contribution in [-0.4, -0.2) is 140 Å². The quantitative estimate of drug-likeness (QED) is 0.130. The topological polar surface area (TPSA) is 185 Å². The Hall–Kier alpha value is -1.05. The maximum absolute atomic E-state index is 13.4. The second-order valence-corrected chi connectivity index (χ2v) is 16.5. The van der Waals surface area contributed by atoms with E-state index in [-0.39, 0.29) is 37.6 Å². The molecule has 0 radical (unpaired) electrons. The maximum Gasteiger partial charge on any atom is 0.308 e. The van der Waals surface area contributed by atoms with Crippen LogP contribution in [0.2, 0.25) is 0 Å². The number of esters is 1. The normalized spacial score (nSPS) is 44.9. The van der Waals surface area contributed by atoms with E-state index in [0.717, 1.165) is 5.57 Å². The lowest BCUT2D eigenvalue weighted by Crippen LogP contribution is -2.65. The fourth-order valence-corrected chi connectivity index (χ4v) is 8.57. The minimum atomic E-state index is -1.45. The third kappa shape index (κ3) is 11.7. The number of likely N-dealkylation sites (N-methyl/N-ethyl adjacent to an activating group) is 1. The van der Waals surface area contributed by atoms with E-state index in [0.29, 0.717) is 17.3 Å². The molecular formula is C38H64INO12. The van der Waals surface area contributed by atoms with Crippen molar-refractivity contribution in [1.29, 1.82) is 0 Å². The average Bonchev–Trinajstić information content (AvgIpc) is 3.07. The van der Waals surface area contributed by atoms with Crippen LogP contribution in [0.1, 0.15) is 80.6 Å². The molecule has 2 fully saturated rings. The third-order valence-corrected chi connectivity index (χ3v) is 12.0. The zero-order valence-corrected chi connectivity index (χ0v) is 34.4. The highest BCUT2D eigenvalue weighted by molar-refractivity contribution is 14.1. The van der Waals surface area contributed by atoms with Crippen LogP contribution in [0.4, 0.5) is 0 Å². The van der Waals surface area contributed by atoms with Gasteiger partial charge in [0.2, 0.25) is 0 Å². The Balaban J connectivity index is 1.95. The number of carbonyl (C=O) groups excluding carboxylic acids is 2. The number of ether oxygens (including phenoxy) is 5. The van der Waals surface area contributed by atoms with E-state index >= 15 is 0 Å². The number of ketones is 1. The Morgan fingerprint density at radius 3 is 2.27 bits per heavy atom. The number of aliphatic hydroxyl groups excluding tert-OH is 4. The van der Waals surface area contributed by atoms with Crippen LogP contribution in [0.25, 0.3) is 0 Å². The molecule has 52 heavy (non-hydrogen) atoms. The number of rotatable bonds is 9. The van der Waals surface area contributed by atoms with Crippen molar-refractivity contribution in [3.05, 3.63) is 23.8 Å². The predicted molar refractivity (Wildman–Crippen MR) is 202 cm³/mol. The number of hydrogen-bond acceptors (Lipinski definition) is 13. The van der Waals surface area contributed by atoms with Gasteiger partial charge in [-0.2, -0.15) is 0 Å². The van der Waals surface area contributed by atoms with Crippen LogP contribution < -0.4 is 0 Å². The molecule has 0 saturated carbocycles. The van der Waals surface area contributed by atoms with Gasteiger partial charge in [-0.05, 0) is 73.0 Å². The summed E-state index contributed by atoms with van der Waals surface area (Å²) in [5, 5.41) is 54.8. The van der Waals surface area contributed by atoms with Crippen LogP contribution in [0, 0.1) is 23.7 Å². The monoisotopic (exact) mass is 853 g/mol. The predicted octanol–water partition coefficient (Wildman–Crippen LogP) is 2.91. The lowest BCUT2D eigenvalue weighted by Gasteiger charge is -2.50. The molecule has 3 heterocycles. The Bertz CT molecular complexity index is 1210. The second kappa shape index (κ2) is 20.2. The molecule has 14 heteroatoms. The molecule has 0 amide bonds. The van der Waals surface area contributed by atoms with Crippen molar-refractivity contribution in [3.8, 4) is 0 Å². The highest BCUT2D eigenvalue weighted by atomic mass is 127. The van der Waals surface area contributed by atoms with Gasteiger partial charge in [-0.3, -0.25) is 9.59 Å². The molecule has 0 aromatic carbocycles. The largest absolute Gasteiger partial charge is 0.462 e. The van der Waals surface area contributed by atoms with E-state index in [4.69, 9.17) is 23.7 Å². The number of nitrogens with zero attached hydrogens (tertiary/aromatic N) is 1. The van der Waals surface area contributed by atoms with Gasteiger partial charge in [0.1, 0.15) is 24.4 Å². The summed E-state index contributed by atoms with van der Waals surface area (Å²) in [6.07, 6.45) is -2.94. The van der Waals surface area contributed by atoms with Gasteiger partial charge in [-0.15, -0.1) is 0 Å². The molecule has 300 valence electrons. The van der Waals surface area contributed by atoms with Crippen molar-refractivity contribution < 1.29 is 58.8 Å². The molecule has 3 rings (SSSR count). The molecule has 0 bridgehead atoms. The second-order valence-electron chi connectivity index (χ2n) is 15.6. The van der Waals surface area contributed by atoms with Gasteiger partial charge >= 0.3 is 5.97 Å². The molecule has 0 aromatic heterocycles. The molecule has 0 spiro atoms. The first-order chi connectivity index (χ1) is 24.3. The molecule has 3 aliphatic heterocycles. The van der Waals surface area contributed by atoms with Crippen LogP contribution in [-0.2, 0) is 33.3 Å². The SMILES string of the molecule is CC[C@H]1OC(=O)C[C@@H](O)[C@H](C)[C@@H](O[C@@H]2O[C@H](C)[C@@H](O[C@H]3C[C@@](C)(O)[C@@H](O)[C@H](C)O3)[C@H](N(C)C)[C@H]2O)C(CCO)C[C@@H](C)C(=O)/C=C/C(C)=C/[C@@H]1CI. The fourth-order valence-electron chi connectivity index (χ4n) is 7.75. The van der Waals surface area contributed by atoms with Crippen LogP contribution >= 0.6 is 22.6 Å². The summed E-state index contributed by atoms with van der Waals surface area (Å²) in [7, 11) is 3.57. The minimum Gasteiger partial charge on any atom is -0.462 e. The van der Waals surface area contributed by atoms with Crippen LogP contribution in [0.15, 0.2) is 23.8 Å². The molecule has 13 nitrogen and oxygen atoms in total. The first-order valence-corrected chi connectivity index (χ1v) is 20.2. The van der Waals surface area contributed by atoms with Crippen molar-refractivity contribution >= 4 is 34.3 Å². The first kappa shape index (κ1) is 45.3. The van der Waals surface area contributed by atoms with E-state index < -0.39 is 96.8 Å².